The number of fused-ring (bicyclic) bond motifs is 1. The summed E-state index contributed by atoms with van der Waals surface area (Å²) in [5.74, 6) is 0.790. The van der Waals surface area contributed by atoms with Gasteiger partial charge in [-0.25, -0.2) is 4.79 Å². The molecule has 2 aromatic carbocycles. The molecule has 2 aromatic rings. The van der Waals surface area contributed by atoms with E-state index in [9.17, 15) is 4.79 Å². The second kappa shape index (κ2) is 8.26. The van der Waals surface area contributed by atoms with Gasteiger partial charge < -0.3 is 15.4 Å². The number of carbonyl (C=O) groups excluding carboxylic acids is 1. The maximum Gasteiger partial charge on any atom is 0.317 e. The number of carbonyl (C=O) groups is 1. The minimum Gasteiger partial charge on any atom is -0.473 e. The van der Waals surface area contributed by atoms with Crippen molar-refractivity contribution >= 4 is 6.03 Å². The van der Waals surface area contributed by atoms with E-state index >= 15 is 0 Å². The molecule has 0 bridgehead atoms. The summed E-state index contributed by atoms with van der Waals surface area (Å²) in [6.45, 7) is 6.20. The molecule has 0 heterocycles. The van der Waals surface area contributed by atoms with Gasteiger partial charge in [0, 0.05) is 0 Å². The number of rotatable bonds is 5. The molecule has 1 aliphatic carbocycles. The Morgan fingerprint density at radius 2 is 1.85 bits per heavy atom. The van der Waals surface area contributed by atoms with Crippen LogP contribution < -0.4 is 15.4 Å². The van der Waals surface area contributed by atoms with E-state index < -0.39 is 0 Å². The number of nitrogens with one attached hydrogen (secondary N) is 2. The van der Waals surface area contributed by atoms with Crippen molar-refractivity contribution in [3.63, 3.8) is 0 Å². The Labute approximate surface area is 156 Å². The van der Waals surface area contributed by atoms with E-state index in [2.05, 4.69) is 34.9 Å². The first-order valence-electron chi connectivity index (χ1n) is 9.39. The predicted molar refractivity (Wildman–Crippen MR) is 105 cm³/mol. The quantitative estimate of drug-likeness (QED) is 0.774. The van der Waals surface area contributed by atoms with Crippen LogP contribution >= 0.6 is 0 Å². The molecule has 2 N–H and O–H groups in total. The van der Waals surface area contributed by atoms with Gasteiger partial charge in [0.25, 0.3) is 0 Å². The lowest BCUT2D eigenvalue weighted by Crippen LogP contribution is -2.39. The summed E-state index contributed by atoms with van der Waals surface area (Å²) in [6.07, 6.45) is 4.86. The Kier molecular flexibility index (Phi) is 5.82. The SMILES string of the molecule is Cc1ccc(OCNC(=O)NC(C)c2ccc3c(c2)CCCC3)c(C)c1. The molecule has 1 unspecified atom stereocenters. The van der Waals surface area contributed by atoms with Gasteiger partial charge in [-0.15, -0.1) is 0 Å². The summed E-state index contributed by atoms with van der Waals surface area (Å²) in [4.78, 5) is 12.1. The average molecular weight is 352 g/mol. The van der Waals surface area contributed by atoms with Crippen LogP contribution in [0, 0.1) is 13.8 Å². The van der Waals surface area contributed by atoms with Gasteiger partial charge in [-0.05, 0) is 74.8 Å². The highest BCUT2D eigenvalue weighted by Gasteiger charge is 2.14. The fourth-order valence-electron chi connectivity index (χ4n) is 3.49. The summed E-state index contributed by atoms with van der Waals surface area (Å²) >= 11 is 0. The average Bonchev–Trinajstić information content (AvgIpc) is 2.63. The number of hydrogen-bond acceptors (Lipinski definition) is 2. The lowest BCUT2D eigenvalue weighted by Gasteiger charge is -2.20. The van der Waals surface area contributed by atoms with Crippen molar-refractivity contribution in [1.29, 1.82) is 0 Å². The highest BCUT2D eigenvalue weighted by Crippen LogP contribution is 2.24. The molecule has 4 heteroatoms. The van der Waals surface area contributed by atoms with Crippen LogP contribution in [0.2, 0.25) is 0 Å². The first kappa shape index (κ1) is 18.3. The Morgan fingerprint density at radius 1 is 1.08 bits per heavy atom. The zero-order chi connectivity index (χ0) is 18.5. The first-order valence-corrected chi connectivity index (χ1v) is 9.39. The van der Waals surface area contributed by atoms with Crippen molar-refractivity contribution in [3.8, 4) is 5.75 Å². The van der Waals surface area contributed by atoms with Gasteiger partial charge in [0.2, 0.25) is 0 Å². The van der Waals surface area contributed by atoms with E-state index in [1.807, 2.05) is 32.9 Å². The van der Waals surface area contributed by atoms with E-state index in [0.29, 0.717) is 0 Å². The van der Waals surface area contributed by atoms with E-state index in [1.165, 1.54) is 36.0 Å². The Morgan fingerprint density at radius 3 is 2.62 bits per heavy atom. The second-order valence-electron chi connectivity index (χ2n) is 7.16. The van der Waals surface area contributed by atoms with Crippen molar-refractivity contribution in [2.24, 2.45) is 0 Å². The zero-order valence-electron chi connectivity index (χ0n) is 15.9. The Bertz CT molecular complexity index is 786. The van der Waals surface area contributed by atoms with Crippen LogP contribution in [0.25, 0.3) is 0 Å². The van der Waals surface area contributed by atoms with Gasteiger partial charge >= 0.3 is 6.03 Å². The molecule has 0 radical (unpaired) electrons. The number of benzene rings is 2. The third kappa shape index (κ3) is 4.57. The number of aryl methyl sites for hydroxylation is 4. The van der Waals surface area contributed by atoms with Crippen LogP contribution in [0.3, 0.4) is 0 Å². The molecule has 0 saturated heterocycles. The minimum absolute atomic E-state index is 0.0386. The van der Waals surface area contributed by atoms with Crippen molar-refractivity contribution in [3.05, 3.63) is 64.2 Å². The Hall–Kier alpha value is -2.49. The zero-order valence-corrected chi connectivity index (χ0v) is 15.9. The molecule has 4 nitrogen and oxygen atoms in total. The van der Waals surface area contributed by atoms with Gasteiger partial charge in [-0.1, -0.05) is 35.9 Å². The topological polar surface area (TPSA) is 50.4 Å². The third-order valence-corrected chi connectivity index (χ3v) is 5.01. The van der Waals surface area contributed by atoms with Crippen LogP contribution in [-0.2, 0) is 12.8 Å². The molecule has 1 aliphatic rings. The molecule has 26 heavy (non-hydrogen) atoms. The predicted octanol–water partition coefficient (Wildman–Crippen LogP) is 4.58. The van der Waals surface area contributed by atoms with Gasteiger partial charge in [-0.3, -0.25) is 0 Å². The molecule has 138 valence electrons. The largest absolute Gasteiger partial charge is 0.473 e. The maximum atomic E-state index is 12.1. The smallest absolute Gasteiger partial charge is 0.317 e. The molecule has 0 aliphatic heterocycles. The molecule has 0 aromatic heterocycles. The van der Waals surface area contributed by atoms with Gasteiger partial charge in [0.1, 0.15) is 5.75 Å². The van der Waals surface area contributed by atoms with Crippen LogP contribution in [0.5, 0.6) is 5.75 Å². The minimum atomic E-state index is -0.222. The van der Waals surface area contributed by atoms with Crippen molar-refractivity contribution in [2.75, 3.05) is 6.73 Å². The van der Waals surface area contributed by atoms with Crippen molar-refractivity contribution in [1.82, 2.24) is 10.6 Å². The summed E-state index contributed by atoms with van der Waals surface area (Å²) in [5.41, 5.74) is 6.30. The van der Waals surface area contributed by atoms with Crippen LogP contribution in [0.15, 0.2) is 36.4 Å². The fourth-order valence-corrected chi connectivity index (χ4v) is 3.49. The van der Waals surface area contributed by atoms with Crippen LogP contribution in [-0.4, -0.2) is 12.8 Å². The van der Waals surface area contributed by atoms with Crippen molar-refractivity contribution < 1.29 is 9.53 Å². The summed E-state index contributed by atoms with van der Waals surface area (Å²) in [5, 5.41) is 5.75. The third-order valence-electron chi connectivity index (χ3n) is 5.01. The monoisotopic (exact) mass is 352 g/mol. The lowest BCUT2D eigenvalue weighted by atomic mass is 9.89. The molecule has 3 rings (SSSR count). The standard InChI is InChI=1S/C22H28N2O2/c1-15-8-11-21(16(2)12-15)26-14-23-22(25)24-17(3)19-10-9-18-6-4-5-7-20(18)13-19/h8-13,17H,4-7,14H2,1-3H3,(H2,23,24,25). The number of urea groups is 1. The normalized spacial score (nSPS) is 14.3. The van der Waals surface area contributed by atoms with Crippen LogP contribution in [0.1, 0.15) is 53.6 Å². The number of amides is 2. The van der Waals surface area contributed by atoms with E-state index in [1.54, 1.807) is 0 Å². The molecular formula is C22H28N2O2. The van der Waals surface area contributed by atoms with Gasteiger partial charge in [-0.2, -0.15) is 0 Å². The molecule has 0 saturated carbocycles. The summed E-state index contributed by atoms with van der Waals surface area (Å²) in [6, 6.07) is 12.3. The second-order valence-corrected chi connectivity index (χ2v) is 7.16. The molecule has 1 atom stereocenters. The van der Waals surface area contributed by atoms with E-state index in [-0.39, 0.29) is 18.8 Å². The van der Waals surface area contributed by atoms with Gasteiger partial charge in [0.05, 0.1) is 6.04 Å². The van der Waals surface area contributed by atoms with E-state index in [0.717, 1.165) is 23.3 Å². The highest BCUT2D eigenvalue weighted by molar-refractivity contribution is 5.74. The van der Waals surface area contributed by atoms with Gasteiger partial charge in [0.15, 0.2) is 6.73 Å². The molecule has 2 amide bonds. The number of ether oxygens (including phenoxy) is 1. The highest BCUT2D eigenvalue weighted by atomic mass is 16.5. The summed E-state index contributed by atoms with van der Waals surface area (Å²) < 4.78 is 5.65. The summed E-state index contributed by atoms with van der Waals surface area (Å²) in [7, 11) is 0. The molecule has 0 spiro atoms. The lowest BCUT2D eigenvalue weighted by molar-refractivity contribution is 0.221. The number of hydrogen-bond donors (Lipinski definition) is 2. The first-order chi connectivity index (χ1) is 12.5. The maximum absolute atomic E-state index is 12.1. The van der Waals surface area contributed by atoms with Crippen molar-refractivity contribution in [2.45, 2.75) is 52.5 Å². The molecule has 0 fully saturated rings. The fraction of sp³-hybridized carbons (Fsp3) is 0.409. The molecular weight excluding hydrogens is 324 g/mol. The van der Waals surface area contributed by atoms with Crippen LogP contribution in [0.4, 0.5) is 4.79 Å². The Balaban J connectivity index is 1.49. The van der Waals surface area contributed by atoms with E-state index in [4.69, 9.17) is 4.74 Å².